The first kappa shape index (κ1) is 23.9. The normalized spacial score (nSPS) is 13.3. The van der Waals surface area contributed by atoms with E-state index in [-0.39, 0.29) is 17.9 Å². The molecule has 2 aromatic heterocycles. The Kier molecular flexibility index (Phi) is 6.95. The Hall–Kier alpha value is -3.78. The molecule has 0 saturated heterocycles. The lowest BCUT2D eigenvalue weighted by Gasteiger charge is -2.12. The summed E-state index contributed by atoms with van der Waals surface area (Å²) in [5.41, 5.74) is 6.66. The molecule has 5 rings (SSSR count). The van der Waals surface area contributed by atoms with Gasteiger partial charge in [-0.05, 0) is 56.7 Å². The standard InChI is InChI=1S/C28H29N5O2S/c1-18(29-19(2)34)11-12-20-13-15-21(16-14-20)24-17-36-28(30-24)31-27(35)26-23-9-6-10-25(23)33(32-26)22-7-4-3-5-8-22/h3-5,7-8,13-18H,6,9-12H2,1-2H3,(H,29,34)(H,30,31,35)/t18-/m0/s1. The SMILES string of the molecule is CC(=O)N[C@@H](C)CCc1ccc(-c2csc(NC(=O)c3nn(-c4ccccc4)c4c3CCC4)n2)cc1. The third kappa shape index (κ3) is 5.23. The summed E-state index contributed by atoms with van der Waals surface area (Å²) in [6.07, 6.45) is 4.59. The fourth-order valence-corrected chi connectivity index (χ4v) is 5.38. The summed E-state index contributed by atoms with van der Waals surface area (Å²) in [4.78, 5) is 29.0. The summed E-state index contributed by atoms with van der Waals surface area (Å²) >= 11 is 1.41. The van der Waals surface area contributed by atoms with Gasteiger partial charge in [-0.2, -0.15) is 5.10 Å². The van der Waals surface area contributed by atoms with Crippen LogP contribution in [-0.2, 0) is 24.1 Å². The van der Waals surface area contributed by atoms with Crippen LogP contribution in [0, 0.1) is 0 Å². The van der Waals surface area contributed by atoms with Crippen LogP contribution in [0.4, 0.5) is 5.13 Å². The molecule has 0 fully saturated rings. The van der Waals surface area contributed by atoms with Crippen molar-refractivity contribution in [3.05, 3.63) is 82.5 Å². The van der Waals surface area contributed by atoms with E-state index in [1.807, 2.05) is 59.5 Å². The number of nitrogens with zero attached hydrogens (tertiary/aromatic N) is 3. The molecule has 4 aromatic rings. The number of aryl methyl sites for hydroxylation is 1. The molecule has 2 N–H and O–H groups in total. The highest BCUT2D eigenvalue weighted by molar-refractivity contribution is 7.14. The number of aromatic nitrogens is 3. The average Bonchev–Trinajstić information content (AvgIpc) is 3.60. The van der Waals surface area contributed by atoms with Crippen LogP contribution >= 0.6 is 11.3 Å². The van der Waals surface area contributed by atoms with Crippen LogP contribution in [0.1, 0.15) is 54.0 Å². The van der Waals surface area contributed by atoms with Crippen molar-refractivity contribution in [1.82, 2.24) is 20.1 Å². The number of fused-ring (bicyclic) bond motifs is 1. The van der Waals surface area contributed by atoms with Gasteiger partial charge in [-0.25, -0.2) is 9.67 Å². The van der Waals surface area contributed by atoms with Crippen molar-refractivity contribution in [3.8, 4) is 16.9 Å². The maximum atomic E-state index is 13.2. The van der Waals surface area contributed by atoms with Crippen molar-refractivity contribution in [2.45, 2.75) is 52.0 Å². The van der Waals surface area contributed by atoms with Crippen molar-refractivity contribution in [1.29, 1.82) is 0 Å². The van der Waals surface area contributed by atoms with Gasteiger partial charge >= 0.3 is 0 Å². The first-order valence-electron chi connectivity index (χ1n) is 12.3. The van der Waals surface area contributed by atoms with Gasteiger partial charge in [0, 0.05) is 35.2 Å². The van der Waals surface area contributed by atoms with Gasteiger partial charge in [0.05, 0.1) is 11.4 Å². The van der Waals surface area contributed by atoms with Gasteiger partial charge in [-0.15, -0.1) is 11.3 Å². The van der Waals surface area contributed by atoms with Gasteiger partial charge in [0.25, 0.3) is 5.91 Å². The summed E-state index contributed by atoms with van der Waals surface area (Å²) in [5.74, 6) is -0.217. The quantitative estimate of drug-likeness (QED) is 0.349. The van der Waals surface area contributed by atoms with E-state index in [9.17, 15) is 9.59 Å². The van der Waals surface area contributed by atoms with Crippen molar-refractivity contribution < 1.29 is 9.59 Å². The third-order valence-corrected chi connectivity index (χ3v) is 7.19. The van der Waals surface area contributed by atoms with Gasteiger partial charge < -0.3 is 5.32 Å². The smallest absolute Gasteiger partial charge is 0.278 e. The number of hydrogen-bond donors (Lipinski definition) is 2. The molecule has 2 heterocycles. The highest BCUT2D eigenvalue weighted by atomic mass is 32.1. The Morgan fingerprint density at radius 2 is 1.86 bits per heavy atom. The molecular weight excluding hydrogens is 470 g/mol. The highest BCUT2D eigenvalue weighted by Crippen LogP contribution is 2.30. The summed E-state index contributed by atoms with van der Waals surface area (Å²) in [5, 5.41) is 13.1. The molecule has 1 atom stereocenters. The predicted molar refractivity (Wildman–Crippen MR) is 143 cm³/mol. The van der Waals surface area contributed by atoms with E-state index >= 15 is 0 Å². The number of nitrogens with one attached hydrogen (secondary N) is 2. The lowest BCUT2D eigenvalue weighted by molar-refractivity contribution is -0.119. The van der Waals surface area contributed by atoms with Crippen molar-refractivity contribution >= 4 is 28.3 Å². The van der Waals surface area contributed by atoms with E-state index in [1.165, 1.54) is 16.9 Å². The molecule has 0 spiro atoms. The number of thiazole rings is 1. The zero-order valence-electron chi connectivity index (χ0n) is 20.5. The number of rotatable bonds is 8. The first-order valence-corrected chi connectivity index (χ1v) is 13.2. The Morgan fingerprint density at radius 1 is 1.08 bits per heavy atom. The molecule has 0 aliphatic heterocycles. The Morgan fingerprint density at radius 3 is 2.61 bits per heavy atom. The molecule has 8 heteroatoms. The van der Waals surface area contributed by atoms with E-state index in [0.717, 1.165) is 60.3 Å². The van der Waals surface area contributed by atoms with Gasteiger partial charge in [0.1, 0.15) is 0 Å². The first-order chi connectivity index (χ1) is 17.5. The molecular formula is C28H29N5O2S. The molecule has 36 heavy (non-hydrogen) atoms. The highest BCUT2D eigenvalue weighted by Gasteiger charge is 2.27. The van der Waals surface area contributed by atoms with Crippen LogP contribution in [0.25, 0.3) is 16.9 Å². The number of carbonyl (C=O) groups is 2. The topological polar surface area (TPSA) is 88.9 Å². The van der Waals surface area contributed by atoms with Crippen LogP contribution in [0.15, 0.2) is 60.0 Å². The van der Waals surface area contributed by atoms with Crippen LogP contribution in [0.2, 0.25) is 0 Å². The van der Waals surface area contributed by atoms with Gasteiger partial charge in [-0.3, -0.25) is 14.9 Å². The van der Waals surface area contributed by atoms with E-state index in [0.29, 0.717) is 10.8 Å². The van der Waals surface area contributed by atoms with Gasteiger partial charge in [0.2, 0.25) is 5.91 Å². The predicted octanol–water partition coefficient (Wildman–Crippen LogP) is 5.19. The number of para-hydroxylation sites is 1. The van der Waals surface area contributed by atoms with Gasteiger partial charge in [0.15, 0.2) is 10.8 Å². The summed E-state index contributed by atoms with van der Waals surface area (Å²) < 4.78 is 1.91. The average molecular weight is 500 g/mol. The number of carbonyl (C=O) groups excluding carboxylic acids is 2. The third-order valence-electron chi connectivity index (χ3n) is 6.44. The molecule has 2 aromatic carbocycles. The fraction of sp³-hybridized carbons (Fsp3) is 0.286. The monoisotopic (exact) mass is 499 g/mol. The van der Waals surface area contributed by atoms with E-state index in [1.54, 1.807) is 6.92 Å². The molecule has 1 aliphatic rings. The largest absolute Gasteiger partial charge is 0.354 e. The zero-order chi connectivity index (χ0) is 25.1. The van der Waals surface area contributed by atoms with E-state index in [4.69, 9.17) is 0 Å². The molecule has 0 saturated carbocycles. The molecule has 1 aliphatic carbocycles. The maximum Gasteiger partial charge on any atom is 0.278 e. The van der Waals surface area contributed by atoms with E-state index < -0.39 is 0 Å². The lowest BCUT2D eigenvalue weighted by Crippen LogP contribution is -2.30. The van der Waals surface area contributed by atoms with Crippen molar-refractivity contribution in [2.75, 3.05) is 5.32 Å². The van der Waals surface area contributed by atoms with Crippen LogP contribution in [-0.4, -0.2) is 32.6 Å². The molecule has 184 valence electrons. The second kappa shape index (κ2) is 10.5. The Bertz CT molecular complexity index is 1370. The van der Waals surface area contributed by atoms with Crippen LogP contribution in [0.3, 0.4) is 0 Å². The minimum Gasteiger partial charge on any atom is -0.354 e. The summed E-state index contributed by atoms with van der Waals surface area (Å²) in [6.45, 7) is 3.56. The van der Waals surface area contributed by atoms with E-state index in [2.05, 4.69) is 32.8 Å². The zero-order valence-corrected chi connectivity index (χ0v) is 21.3. The second-order valence-corrected chi connectivity index (χ2v) is 10.1. The number of amides is 2. The van der Waals surface area contributed by atoms with Crippen LogP contribution in [0.5, 0.6) is 0 Å². The van der Waals surface area contributed by atoms with Gasteiger partial charge in [-0.1, -0.05) is 42.5 Å². The van der Waals surface area contributed by atoms with Crippen LogP contribution < -0.4 is 10.6 Å². The summed E-state index contributed by atoms with van der Waals surface area (Å²) in [6, 6.07) is 18.4. The number of hydrogen-bond acceptors (Lipinski definition) is 5. The number of anilines is 1. The molecule has 2 amide bonds. The minimum atomic E-state index is -0.215. The fourth-order valence-electron chi connectivity index (χ4n) is 4.67. The maximum absolute atomic E-state index is 13.2. The molecule has 0 radical (unpaired) electrons. The summed E-state index contributed by atoms with van der Waals surface area (Å²) in [7, 11) is 0. The lowest BCUT2D eigenvalue weighted by atomic mass is 10.0. The Balaban J connectivity index is 1.26. The molecule has 7 nitrogen and oxygen atoms in total. The Labute approximate surface area is 214 Å². The number of benzene rings is 2. The van der Waals surface area contributed by atoms with Crippen molar-refractivity contribution in [2.24, 2.45) is 0 Å². The minimum absolute atomic E-state index is 0.00166. The molecule has 0 unspecified atom stereocenters. The van der Waals surface area contributed by atoms with Crippen molar-refractivity contribution in [3.63, 3.8) is 0 Å². The molecule has 0 bridgehead atoms. The second-order valence-electron chi connectivity index (χ2n) is 9.20.